The quantitative estimate of drug-likeness (QED) is 0.815. The zero-order valence-electron chi connectivity index (χ0n) is 11.8. The van der Waals surface area contributed by atoms with Crippen LogP contribution in [-0.2, 0) is 17.8 Å². The van der Waals surface area contributed by atoms with E-state index in [2.05, 4.69) is 43.0 Å². The van der Waals surface area contributed by atoms with Gasteiger partial charge in [-0.05, 0) is 31.4 Å². The lowest BCUT2D eigenvalue weighted by Gasteiger charge is -2.39. The Hall–Kier alpha value is -1.15. The molecule has 0 saturated heterocycles. The maximum atomic E-state index is 12.4. The van der Waals surface area contributed by atoms with Crippen molar-refractivity contribution in [2.75, 3.05) is 0 Å². The number of fused-ring (bicyclic) bond motifs is 1. The van der Waals surface area contributed by atoms with E-state index in [0.29, 0.717) is 11.8 Å². The molecule has 0 radical (unpaired) electrons. The van der Waals surface area contributed by atoms with Gasteiger partial charge in [0, 0.05) is 18.5 Å². The lowest BCUT2D eigenvalue weighted by atomic mass is 9.87. The van der Waals surface area contributed by atoms with Crippen molar-refractivity contribution in [3.63, 3.8) is 0 Å². The molecule has 0 spiro atoms. The molecular weight excluding hydrogens is 222 g/mol. The predicted octanol–water partition coefficient (Wildman–Crippen LogP) is 3.05. The number of carbonyl (C=O) groups excluding carboxylic acids is 1. The van der Waals surface area contributed by atoms with Gasteiger partial charge in [-0.15, -0.1) is 0 Å². The third-order valence-electron chi connectivity index (χ3n) is 3.85. The molecule has 18 heavy (non-hydrogen) atoms. The average molecular weight is 245 g/mol. The van der Waals surface area contributed by atoms with Gasteiger partial charge in [0.25, 0.3) is 0 Å². The second kappa shape index (κ2) is 5.23. The predicted molar refractivity (Wildman–Crippen MR) is 74.5 cm³/mol. The molecule has 2 rings (SSSR count). The fourth-order valence-electron chi connectivity index (χ4n) is 2.73. The van der Waals surface area contributed by atoms with Crippen molar-refractivity contribution in [2.24, 2.45) is 5.92 Å². The highest BCUT2D eigenvalue weighted by molar-refractivity contribution is 5.86. The Labute approximate surface area is 110 Å². The summed E-state index contributed by atoms with van der Waals surface area (Å²) in [5.41, 5.74) is 2.72. The van der Waals surface area contributed by atoms with E-state index in [-0.39, 0.29) is 12.0 Å². The van der Waals surface area contributed by atoms with E-state index in [1.807, 2.05) is 13.8 Å². The molecule has 2 heteroatoms. The standard InChI is InChI=1S/C16H23NO/c1-11(2)16(18)15-9-13-7-5-6-8-14(13)10-17(15)12(3)4/h5-8,11-12,15H,9-10H2,1-4H3/t15-/m0/s1. The third-order valence-corrected chi connectivity index (χ3v) is 3.85. The molecule has 1 aliphatic rings. The molecular formula is C16H23NO. The second-order valence-electron chi connectivity index (χ2n) is 5.81. The Bertz CT molecular complexity index is 436. The van der Waals surface area contributed by atoms with Crippen LogP contribution in [0.25, 0.3) is 0 Å². The van der Waals surface area contributed by atoms with Crippen LogP contribution in [0.5, 0.6) is 0 Å². The van der Waals surface area contributed by atoms with E-state index in [1.54, 1.807) is 0 Å². The minimum Gasteiger partial charge on any atom is -0.298 e. The number of carbonyl (C=O) groups is 1. The summed E-state index contributed by atoms with van der Waals surface area (Å²) in [7, 11) is 0. The molecule has 1 heterocycles. The van der Waals surface area contributed by atoms with Crippen molar-refractivity contribution >= 4 is 5.78 Å². The number of ketones is 1. The zero-order chi connectivity index (χ0) is 13.3. The Balaban J connectivity index is 2.32. The molecule has 0 N–H and O–H groups in total. The van der Waals surface area contributed by atoms with Crippen molar-refractivity contribution in [1.82, 2.24) is 4.90 Å². The maximum Gasteiger partial charge on any atom is 0.152 e. The summed E-state index contributed by atoms with van der Waals surface area (Å²) in [6.07, 6.45) is 0.866. The van der Waals surface area contributed by atoms with E-state index in [9.17, 15) is 4.79 Å². The molecule has 0 saturated carbocycles. The molecule has 0 unspecified atom stereocenters. The summed E-state index contributed by atoms with van der Waals surface area (Å²) in [4.78, 5) is 14.7. The Morgan fingerprint density at radius 3 is 2.33 bits per heavy atom. The van der Waals surface area contributed by atoms with Gasteiger partial charge in [0.15, 0.2) is 5.78 Å². The van der Waals surface area contributed by atoms with Crippen LogP contribution in [0.1, 0.15) is 38.8 Å². The van der Waals surface area contributed by atoms with Crippen LogP contribution in [0.4, 0.5) is 0 Å². The van der Waals surface area contributed by atoms with Crippen LogP contribution >= 0.6 is 0 Å². The van der Waals surface area contributed by atoms with Gasteiger partial charge in [-0.3, -0.25) is 9.69 Å². The summed E-state index contributed by atoms with van der Waals surface area (Å²) in [5, 5.41) is 0. The second-order valence-corrected chi connectivity index (χ2v) is 5.81. The summed E-state index contributed by atoms with van der Waals surface area (Å²) in [5.74, 6) is 0.486. The number of rotatable bonds is 3. The summed E-state index contributed by atoms with van der Waals surface area (Å²) in [6, 6.07) is 8.96. The zero-order valence-corrected chi connectivity index (χ0v) is 11.8. The molecule has 1 aromatic carbocycles. The molecule has 1 atom stereocenters. The monoisotopic (exact) mass is 245 g/mol. The van der Waals surface area contributed by atoms with Gasteiger partial charge in [0.05, 0.1) is 6.04 Å². The minimum atomic E-state index is 0.0555. The fraction of sp³-hybridized carbons (Fsp3) is 0.562. The minimum absolute atomic E-state index is 0.0555. The number of hydrogen-bond donors (Lipinski definition) is 0. The largest absolute Gasteiger partial charge is 0.298 e. The van der Waals surface area contributed by atoms with Gasteiger partial charge in [0.2, 0.25) is 0 Å². The van der Waals surface area contributed by atoms with Crippen LogP contribution in [0.3, 0.4) is 0 Å². The molecule has 98 valence electrons. The summed E-state index contributed by atoms with van der Waals surface area (Å²) < 4.78 is 0. The highest BCUT2D eigenvalue weighted by atomic mass is 16.1. The Morgan fingerprint density at radius 1 is 1.17 bits per heavy atom. The number of benzene rings is 1. The number of Topliss-reactive ketones (excluding diaryl/α,β-unsaturated/α-hetero) is 1. The van der Waals surface area contributed by atoms with Gasteiger partial charge in [-0.25, -0.2) is 0 Å². The van der Waals surface area contributed by atoms with Crippen molar-refractivity contribution < 1.29 is 4.79 Å². The van der Waals surface area contributed by atoms with E-state index in [1.165, 1.54) is 11.1 Å². The Kier molecular flexibility index (Phi) is 3.86. The third kappa shape index (κ3) is 2.49. The molecule has 0 aliphatic carbocycles. The summed E-state index contributed by atoms with van der Waals surface area (Å²) in [6.45, 7) is 9.25. The van der Waals surface area contributed by atoms with Crippen molar-refractivity contribution in [3.05, 3.63) is 35.4 Å². The Morgan fingerprint density at radius 2 is 1.78 bits per heavy atom. The van der Waals surface area contributed by atoms with Crippen molar-refractivity contribution in [2.45, 2.75) is 52.7 Å². The molecule has 0 bridgehead atoms. The van der Waals surface area contributed by atoms with Crippen LogP contribution in [0, 0.1) is 5.92 Å². The highest BCUT2D eigenvalue weighted by Gasteiger charge is 2.33. The van der Waals surface area contributed by atoms with Gasteiger partial charge >= 0.3 is 0 Å². The van der Waals surface area contributed by atoms with E-state index >= 15 is 0 Å². The first-order valence-electron chi connectivity index (χ1n) is 6.87. The van der Waals surface area contributed by atoms with Gasteiger partial charge in [-0.1, -0.05) is 38.1 Å². The molecule has 0 aromatic heterocycles. The van der Waals surface area contributed by atoms with E-state index in [4.69, 9.17) is 0 Å². The van der Waals surface area contributed by atoms with Crippen LogP contribution in [-0.4, -0.2) is 22.8 Å². The first-order valence-corrected chi connectivity index (χ1v) is 6.87. The van der Waals surface area contributed by atoms with Crippen LogP contribution < -0.4 is 0 Å². The normalized spacial score (nSPS) is 20.2. The topological polar surface area (TPSA) is 20.3 Å². The fourth-order valence-corrected chi connectivity index (χ4v) is 2.73. The smallest absolute Gasteiger partial charge is 0.152 e. The van der Waals surface area contributed by atoms with Crippen molar-refractivity contribution in [1.29, 1.82) is 0 Å². The molecule has 0 fully saturated rings. The van der Waals surface area contributed by atoms with E-state index < -0.39 is 0 Å². The lowest BCUT2D eigenvalue weighted by Crippen LogP contribution is -2.50. The lowest BCUT2D eigenvalue weighted by molar-refractivity contribution is -0.128. The summed E-state index contributed by atoms with van der Waals surface area (Å²) >= 11 is 0. The van der Waals surface area contributed by atoms with Crippen molar-refractivity contribution in [3.8, 4) is 0 Å². The SMILES string of the molecule is CC(C)C(=O)[C@@H]1Cc2ccccc2CN1C(C)C. The van der Waals surface area contributed by atoms with E-state index in [0.717, 1.165) is 13.0 Å². The van der Waals surface area contributed by atoms with Gasteiger partial charge < -0.3 is 0 Å². The molecule has 1 aromatic rings. The van der Waals surface area contributed by atoms with Crippen LogP contribution in [0.2, 0.25) is 0 Å². The first-order chi connectivity index (χ1) is 8.50. The first kappa shape index (κ1) is 13.3. The number of nitrogens with zero attached hydrogens (tertiary/aromatic N) is 1. The average Bonchev–Trinajstić information content (AvgIpc) is 2.36. The maximum absolute atomic E-state index is 12.4. The highest BCUT2D eigenvalue weighted by Crippen LogP contribution is 2.26. The molecule has 2 nitrogen and oxygen atoms in total. The molecule has 0 amide bonds. The number of hydrogen-bond acceptors (Lipinski definition) is 2. The van der Waals surface area contributed by atoms with Gasteiger partial charge in [0.1, 0.15) is 0 Å². The van der Waals surface area contributed by atoms with Crippen LogP contribution in [0.15, 0.2) is 24.3 Å². The molecule has 1 aliphatic heterocycles. The van der Waals surface area contributed by atoms with Gasteiger partial charge in [-0.2, -0.15) is 0 Å².